The number of hydrazone groups is 1. The molecule has 3 N–H and O–H groups in total. The van der Waals surface area contributed by atoms with Gasteiger partial charge < -0.3 is 15.2 Å². The fraction of sp³-hybridized carbons (Fsp3) is 0.360. The van der Waals surface area contributed by atoms with Gasteiger partial charge in [-0.05, 0) is 48.7 Å². The van der Waals surface area contributed by atoms with E-state index in [1.165, 1.54) is 37.5 Å². The van der Waals surface area contributed by atoms with Gasteiger partial charge in [-0.1, -0.05) is 61.3 Å². The number of nitrogens with one attached hydrogen (secondary N) is 1. The van der Waals surface area contributed by atoms with Crippen molar-refractivity contribution in [3.05, 3.63) is 63.6 Å². The van der Waals surface area contributed by atoms with Crippen LogP contribution in [0.5, 0.6) is 11.5 Å². The molecular formula is C25H30ClN5O3S. The van der Waals surface area contributed by atoms with Gasteiger partial charge in [0.1, 0.15) is 29.7 Å². The number of halogens is 1. The van der Waals surface area contributed by atoms with E-state index in [4.69, 9.17) is 26.8 Å². The van der Waals surface area contributed by atoms with Crippen molar-refractivity contribution in [2.24, 2.45) is 5.10 Å². The number of benzene rings is 2. The molecule has 0 saturated heterocycles. The molecule has 0 fully saturated rings. The van der Waals surface area contributed by atoms with Gasteiger partial charge in [-0.2, -0.15) is 5.10 Å². The van der Waals surface area contributed by atoms with Gasteiger partial charge in [0.15, 0.2) is 0 Å². The summed E-state index contributed by atoms with van der Waals surface area (Å²) in [6.07, 6.45) is 7.65. The minimum absolute atomic E-state index is 0.0439. The van der Waals surface area contributed by atoms with E-state index < -0.39 is 0 Å². The second-order valence-corrected chi connectivity index (χ2v) is 9.37. The highest BCUT2D eigenvalue weighted by atomic mass is 35.5. The Kier molecular flexibility index (Phi) is 10.8. The lowest BCUT2D eigenvalue weighted by molar-refractivity contribution is -0.120. The Morgan fingerprint density at radius 2 is 1.91 bits per heavy atom. The number of anilines is 1. The highest BCUT2D eigenvalue weighted by molar-refractivity contribution is 7.15. The zero-order valence-electron chi connectivity index (χ0n) is 19.7. The molecule has 0 radical (unpaired) electrons. The summed E-state index contributed by atoms with van der Waals surface area (Å²) in [5.74, 6) is 1.06. The Labute approximate surface area is 214 Å². The number of unbranched alkanes of at least 4 members (excludes halogenated alkanes) is 3. The van der Waals surface area contributed by atoms with Crippen molar-refractivity contribution < 1.29 is 14.3 Å². The van der Waals surface area contributed by atoms with Gasteiger partial charge in [0.25, 0.3) is 0 Å². The number of aromatic nitrogens is 2. The Morgan fingerprint density at radius 1 is 1.11 bits per heavy atom. The third-order valence-corrected chi connectivity index (χ3v) is 6.00. The van der Waals surface area contributed by atoms with Gasteiger partial charge in [0, 0.05) is 10.6 Å². The molecule has 1 heterocycles. The minimum Gasteiger partial charge on any atom is -0.490 e. The van der Waals surface area contributed by atoms with E-state index in [9.17, 15) is 4.79 Å². The number of carbonyl (C=O) groups is 1. The Bertz CT molecular complexity index is 1100. The van der Waals surface area contributed by atoms with E-state index >= 15 is 0 Å². The summed E-state index contributed by atoms with van der Waals surface area (Å²) in [6, 6.07) is 13.4. The molecule has 10 heteroatoms. The summed E-state index contributed by atoms with van der Waals surface area (Å²) >= 11 is 7.27. The molecule has 1 amide bonds. The largest absolute Gasteiger partial charge is 0.490 e. The van der Waals surface area contributed by atoms with Crippen LogP contribution in [0.2, 0.25) is 5.02 Å². The Morgan fingerprint density at radius 3 is 2.66 bits per heavy atom. The molecule has 8 nitrogen and oxygen atoms in total. The minimum atomic E-state index is -0.331. The summed E-state index contributed by atoms with van der Waals surface area (Å²) in [5.41, 5.74) is 9.93. The van der Waals surface area contributed by atoms with E-state index in [0.29, 0.717) is 39.7 Å². The van der Waals surface area contributed by atoms with Crippen LogP contribution in [0.1, 0.15) is 48.7 Å². The summed E-state index contributed by atoms with van der Waals surface area (Å²) in [4.78, 5) is 12.0. The molecule has 0 saturated carbocycles. The normalized spacial score (nSPS) is 11.0. The van der Waals surface area contributed by atoms with Gasteiger partial charge in [0.2, 0.25) is 11.0 Å². The summed E-state index contributed by atoms with van der Waals surface area (Å²) in [7, 11) is 0. The van der Waals surface area contributed by atoms with Crippen LogP contribution in [0.15, 0.2) is 47.6 Å². The summed E-state index contributed by atoms with van der Waals surface area (Å²) in [6.45, 7) is 2.95. The first kappa shape index (κ1) is 26.4. The first-order valence-electron chi connectivity index (χ1n) is 11.6. The lowest BCUT2D eigenvalue weighted by Gasteiger charge is -2.11. The van der Waals surface area contributed by atoms with Crippen molar-refractivity contribution in [3.8, 4) is 11.5 Å². The van der Waals surface area contributed by atoms with Gasteiger partial charge in [-0.3, -0.25) is 4.79 Å². The second-order valence-electron chi connectivity index (χ2n) is 7.84. The molecule has 0 bridgehead atoms. The molecule has 0 atom stereocenters. The predicted molar refractivity (Wildman–Crippen MR) is 140 cm³/mol. The average Bonchev–Trinajstić information content (AvgIpc) is 3.25. The van der Waals surface area contributed by atoms with Crippen molar-refractivity contribution in [3.63, 3.8) is 0 Å². The van der Waals surface area contributed by atoms with E-state index in [1.54, 1.807) is 18.2 Å². The van der Waals surface area contributed by atoms with Gasteiger partial charge in [0.05, 0.1) is 12.6 Å². The van der Waals surface area contributed by atoms with Crippen LogP contribution in [-0.4, -0.2) is 35.5 Å². The van der Waals surface area contributed by atoms with Crippen LogP contribution in [0.25, 0.3) is 0 Å². The number of rotatable bonds is 14. The summed E-state index contributed by atoms with van der Waals surface area (Å²) < 4.78 is 11.7. The van der Waals surface area contributed by atoms with Crippen molar-refractivity contribution in [2.75, 3.05) is 18.9 Å². The molecule has 3 aromatic rings. The molecule has 186 valence electrons. The van der Waals surface area contributed by atoms with Crippen molar-refractivity contribution in [1.82, 2.24) is 15.6 Å². The highest BCUT2D eigenvalue weighted by Crippen LogP contribution is 2.22. The van der Waals surface area contributed by atoms with Gasteiger partial charge >= 0.3 is 0 Å². The number of hydrogen-bond acceptors (Lipinski definition) is 8. The van der Waals surface area contributed by atoms with Crippen LogP contribution in [0.4, 0.5) is 5.13 Å². The molecule has 0 aliphatic carbocycles. The number of nitrogen functional groups attached to an aromatic ring is 1. The number of ether oxygens (including phenoxy) is 2. The zero-order chi connectivity index (χ0) is 24.9. The lowest BCUT2D eigenvalue weighted by atomic mass is 10.1. The van der Waals surface area contributed by atoms with Gasteiger partial charge in [-0.15, -0.1) is 10.2 Å². The quantitative estimate of drug-likeness (QED) is 0.176. The topological polar surface area (TPSA) is 112 Å². The zero-order valence-corrected chi connectivity index (χ0v) is 21.3. The van der Waals surface area contributed by atoms with Gasteiger partial charge in [-0.25, -0.2) is 5.43 Å². The number of hydrogen-bond donors (Lipinski definition) is 2. The molecule has 0 aliphatic heterocycles. The van der Waals surface area contributed by atoms with Crippen LogP contribution in [-0.2, 0) is 17.6 Å². The van der Waals surface area contributed by atoms with Crippen molar-refractivity contribution in [1.29, 1.82) is 0 Å². The van der Waals surface area contributed by atoms with E-state index in [2.05, 4.69) is 39.8 Å². The maximum atomic E-state index is 12.0. The summed E-state index contributed by atoms with van der Waals surface area (Å²) in [5, 5.41) is 12.8. The predicted octanol–water partition coefficient (Wildman–Crippen LogP) is 5.05. The molecular weight excluding hydrogens is 486 g/mol. The van der Waals surface area contributed by atoms with E-state index in [0.717, 1.165) is 23.5 Å². The molecule has 35 heavy (non-hydrogen) atoms. The smallest absolute Gasteiger partial charge is 0.247 e. The highest BCUT2D eigenvalue weighted by Gasteiger charge is 2.08. The Hall–Kier alpha value is -3.17. The van der Waals surface area contributed by atoms with E-state index in [1.807, 2.05) is 12.1 Å². The second kappa shape index (κ2) is 14.3. The van der Waals surface area contributed by atoms with Crippen molar-refractivity contribution in [2.45, 2.75) is 45.4 Å². The fourth-order valence-electron chi connectivity index (χ4n) is 3.26. The van der Waals surface area contributed by atoms with Crippen LogP contribution in [0, 0.1) is 0 Å². The first-order valence-corrected chi connectivity index (χ1v) is 12.8. The molecule has 0 spiro atoms. The van der Waals surface area contributed by atoms with Crippen LogP contribution in [0.3, 0.4) is 0 Å². The number of carbonyl (C=O) groups excluding carboxylic acids is 1. The third kappa shape index (κ3) is 9.54. The molecule has 3 rings (SSSR count). The monoisotopic (exact) mass is 515 g/mol. The molecule has 0 aliphatic rings. The first-order chi connectivity index (χ1) is 17.0. The Balaban J connectivity index is 1.44. The number of nitrogens with two attached hydrogens (primary N) is 1. The maximum absolute atomic E-state index is 12.0. The van der Waals surface area contributed by atoms with Crippen molar-refractivity contribution >= 4 is 40.2 Å². The maximum Gasteiger partial charge on any atom is 0.247 e. The standard InChI is InChI=1S/C25H30ClN5O3S/c1-2-3-4-5-6-18-7-10-21(11-8-18)33-13-14-34-22-12-9-20(26)15-19(22)17-28-29-23(32)16-24-30-31-25(27)35-24/h7-12,15,17H,2-6,13-14,16H2,1H3,(H2,27,31)(H,29,32)/b28-17-. The lowest BCUT2D eigenvalue weighted by Crippen LogP contribution is -2.19. The fourth-order valence-corrected chi connectivity index (χ4v) is 4.05. The SMILES string of the molecule is CCCCCCc1ccc(OCCOc2ccc(Cl)cc2/C=N\NC(=O)Cc2nnc(N)s2)cc1. The number of amides is 1. The number of aryl methyl sites for hydroxylation is 1. The van der Waals surface area contributed by atoms with Crippen LogP contribution >= 0.6 is 22.9 Å². The molecule has 1 aromatic heterocycles. The molecule has 0 unspecified atom stereocenters. The number of nitrogens with zero attached hydrogens (tertiary/aromatic N) is 3. The van der Waals surface area contributed by atoms with Crippen LogP contribution < -0.4 is 20.6 Å². The molecule has 2 aromatic carbocycles. The van der Waals surface area contributed by atoms with E-state index in [-0.39, 0.29) is 12.3 Å². The third-order valence-electron chi connectivity index (χ3n) is 5.01. The average molecular weight is 516 g/mol.